The summed E-state index contributed by atoms with van der Waals surface area (Å²) >= 11 is 0. The summed E-state index contributed by atoms with van der Waals surface area (Å²) in [5.41, 5.74) is 7.67. The van der Waals surface area contributed by atoms with Crippen molar-refractivity contribution in [2.45, 2.75) is 32.7 Å². The largest absolute Gasteiger partial charge is 0.322 e. The highest BCUT2D eigenvalue weighted by Gasteiger charge is 2.22. The van der Waals surface area contributed by atoms with Crippen LogP contribution in [0.4, 0.5) is 0 Å². The van der Waals surface area contributed by atoms with Crippen molar-refractivity contribution in [3.63, 3.8) is 0 Å². The lowest BCUT2D eigenvalue weighted by Gasteiger charge is -2.20. The average Bonchev–Trinajstić information content (AvgIpc) is 3.08. The molecule has 3 heteroatoms. The fourth-order valence-corrected chi connectivity index (χ4v) is 3.13. The second kappa shape index (κ2) is 6.35. The fraction of sp³-hybridized carbons (Fsp3) is 0.444. The van der Waals surface area contributed by atoms with Gasteiger partial charge in [0, 0.05) is 31.0 Å². The van der Waals surface area contributed by atoms with Crippen molar-refractivity contribution in [2.24, 2.45) is 0 Å². The van der Waals surface area contributed by atoms with E-state index >= 15 is 0 Å². The first-order valence-corrected chi connectivity index (χ1v) is 7.90. The molecule has 0 radical (unpaired) electrons. The number of aromatic nitrogens is 1. The zero-order valence-corrected chi connectivity index (χ0v) is 13.0. The molecule has 0 spiro atoms. The van der Waals surface area contributed by atoms with Gasteiger partial charge in [0.25, 0.3) is 0 Å². The van der Waals surface area contributed by atoms with Gasteiger partial charge < -0.3 is 10.3 Å². The van der Waals surface area contributed by atoms with E-state index in [-0.39, 0.29) is 0 Å². The quantitative estimate of drug-likeness (QED) is 0.910. The topological polar surface area (TPSA) is 20.2 Å². The predicted octanol–water partition coefficient (Wildman–Crippen LogP) is 2.97. The summed E-state index contributed by atoms with van der Waals surface area (Å²) in [5.74, 6) is 0. The summed E-state index contributed by atoms with van der Waals surface area (Å²) < 4.78 is 2.23. The minimum absolute atomic E-state index is 0.561. The first-order valence-electron chi connectivity index (χ1n) is 7.90. The molecule has 1 N–H and O–H groups in total. The Balaban J connectivity index is 1.49. The van der Waals surface area contributed by atoms with E-state index in [1.165, 1.54) is 29.9 Å². The van der Waals surface area contributed by atoms with Gasteiger partial charge in [0.05, 0.1) is 6.04 Å². The summed E-state index contributed by atoms with van der Waals surface area (Å²) in [7, 11) is 0. The van der Waals surface area contributed by atoms with Crippen molar-refractivity contribution in [3.05, 3.63) is 59.4 Å². The molecule has 21 heavy (non-hydrogen) atoms. The minimum Gasteiger partial charge on any atom is -0.322 e. The number of hydrogen-bond donors (Lipinski definition) is 1. The van der Waals surface area contributed by atoms with Crippen LogP contribution < -0.4 is 5.43 Å². The van der Waals surface area contributed by atoms with Gasteiger partial charge in [-0.15, -0.1) is 0 Å². The maximum absolute atomic E-state index is 3.66. The zero-order valence-electron chi connectivity index (χ0n) is 13.0. The van der Waals surface area contributed by atoms with Gasteiger partial charge >= 0.3 is 0 Å². The van der Waals surface area contributed by atoms with Crippen LogP contribution in [0.1, 0.15) is 23.4 Å². The van der Waals surface area contributed by atoms with E-state index < -0.39 is 0 Å². The third kappa shape index (κ3) is 3.48. The zero-order chi connectivity index (χ0) is 14.7. The number of rotatable bonds is 5. The smallest absolute Gasteiger partial charge is 0.0563 e. The summed E-state index contributed by atoms with van der Waals surface area (Å²) in [6, 6.07) is 15.7. The van der Waals surface area contributed by atoms with Crippen LogP contribution in [0.2, 0.25) is 0 Å². The van der Waals surface area contributed by atoms with Gasteiger partial charge in [-0.25, -0.2) is 0 Å². The molecule has 2 aromatic rings. The minimum atomic E-state index is 0.561. The number of nitrogens with one attached hydrogen (secondary N) is 1. The van der Waals surface area contributed by atoms with Gasteiger partial charge in [0.2, 0.25) is 0 Å². The Hall–Kier alpha value is -1.74. The molecule has 1 aliphatic heterocycles. The van der Waals surface area contributed by atoms with E-state index in [1.54, 1.807) is 0 Å². The Labute approximate surface area is 127 Å². The van der Waals surface area contributed by atoms with Crippen LogP contribution in [-0.4, -0.2) is 35.3 Å². The molecule has 0 bridgehead atoms. The van der Waals surface area contributed by atoms with E-state index in [0.29, 0.717) is 6.04 Å². The predicted molar refractivity (Wildman–Crippen MR) is 88.3 cm³/mol. The Morgan fingerprint density at radius 1 is 1.05 bits per heavy atom. The third-order valence-corrected chi connectivity index (χ3v) is 4.41. The van der Waals surface area contributed by atoms with Gasteiger partial charge in [-0.2, -0.15) is 0 Å². The second-order valence-electron chi connectivity index (χ2n) is 6.10. The Bertz CT molecular complexity index is 554. The maximum Gasteiger partial charge on any atom is 0.0563 e. The van der Waals surface area contributed by atoms with Crippen molar-refractivity contribution in [3.8, 4) is 0 Å². The van der Waals surface area contributed by atoms with E-state index in [1.807, 2.05) is 0 Å². The van der Waals surface area contributed by atoms with Crippen LogP contribution in [0.5, 0.6) is 0 Å². The number of nitrogens with zero attached hydrogens (tertiary/aromatic N) is 2. The molecule has 1 saturated heterocycles. The maximum atomic E-state index is 3.66. The number of hydrogen-bond acceptors (Lipinski definition) is 2. The number of aryl methyl sites for hydroxylation is 2. The molecule has 3 nitrogen and oxygen atoms in total. The molecule has 3 rings (SSSR count). The van der Waals surface area contributed by atoms with E-state index in [0.717, 1.165) is 19.5 Å². The highest BCUT2D eigenvalue weighted by atomic mass is 15.4. The lowest BCUT2D eigenvalue weighted by molar-refractivity contribution is 0.339. The van der Waals surface area contributed by atoms with Gasteiger partial charge in [-0.3, -0.25) is 4.68 Å². The van der Waals surface area contributed by atoms with Crippen molar-refractivity contribution in [2.75, 3.05) is 25.1 Å². The SMILES string of the molecule is Cc1ccc(C)n1NC1CCN(CCc2ccccc2)C1. The molecular weight excluding hydrogens is 258 g/mol. The molecule has 0 aliphatic carbocycles. The highest BCUT2D eigenvalue weighted by molar-refractivity contribution is 5.17. The van der Waals surface area contributed by atoms with Crippen LogP contribution in [-0.2, 0) is 6.42 Å². The van der Waals surface area contributed by atoms with Crippen LogP contribution in [0.25, 0.3) is 0 Å². The molecule has 1 atom stereocenters. The first kappa shape index (κ1) is 14.2. The van der Waals surface area contributed by atoms with Crippen molar-refractivity contribution >= 4 is 0 Å². The lowest BCUT2D eigenvalue weighted by Crippen LogP contribution is -2.33. The van der Waals surface area contributed by atoms with Gasteiger partial charge in [-0.05, 0) is 44.4 Å². The molecule has 0 saturated carbocycles. The fourth-order valence-electron chi connectivity index (χ4n) is 3.13. The monoisotopic (exact) mass is 283 g/mol. The molecule has 0 amide bonds. The van der Waals surface area contributed by atoms with E-state index in [9.17, 15) is 0 Å². The highest BCUT2D eigenvalue weighted by Crippen LogP contribution is 2.13. The molecule has 2 heterocycles. The standard InChI is InChI=1S/C18H25N3/c1-15-8-9-16(2)21(15)19-18-11-13-20(14-18)12-10-17-6-4-3-5-7-17/h3-9,18-19H,10-14H2,1-2H3. The van der Waals surface area contributed by atoms with E-state index in [2.05, 4.69) is 71.3 Å². The molecule has 1 aliphatic rings. The molecule has 1 aromatic carbocycles. The Morgan fingerprint density at radius 3 is 2.48 bits per heavy atom. The number of benzene rings is 1. The van der Waals surface area contributed by atoms with Crippen molar-refractivity contribution in [1.82, 2.24) is 9.58 Å². The van der Waals surface area contributed by atoms with E-state index in [4.69, 9.17) is 0 Å². The van der Waals surface area contributed by atoms with Gasteiger partial charge in [-0.1, -0.05) is 30.3 Å². The van der Waals surface area contributed by atoms with Crippen LogP contribution >= 0.6 is 0 Å². The summed E-state index contributed by atoms with van der Waals surface area (Å²) in [5, 5.41) is 0. The molecule has 1 unspecified atom stereocenters. The normalized spacial score (nSPS) is 19.0. The molecule has 112 valence electrons. The Kier molecular flexibility index (Phi) is 4.30. The van der Waals surface area contributed by atoms with Crippen molar-refractivity contribution < 1.29 is 0 Å². The summed E-state index contributed by atoms with van der Waals surface area (Å²) in [6.07, 6.45) is 2.38. The summed E-state index contributed by atoms with van der Waals surface area (Å²) in [6.45, 7) is 7.81. The van der Waals surface area contributed by atoms with Crippen LogP contribution in [0.3, 0.4) is 0 Å². The lowest BCUT2D eigenvalue weighted by atomic mass is 10.1. The first-order chi connectivity index (χ1) is 10.2. The average molecular weight is 283 g/mol. The number of likely N-dealkylation sites (tertiary alicyclic amines) is 1. The van der Waals surface area contributed by atoms with Crippen LogP contribution in [0, 0.1) is 13.8 Å². The second-order valence-corrected chi connectivity index (χ2v) is 6.10. The third-order valence-electron chi connectivity index (χ3n) is 4.41. The van der Waals surface area contributed by atoms with Gasteiger partial charge in [0.1, 0.15) is 0 Å². The Morgan fingerprint density at radius 2 is 1.76 bits per heavy atom. The molecule has 1 fully saturated rings. The van der Waals surface area contributed by atoms with Crippen molar-refractivity contribution in [1.29, 1.82) is 0 Å². The molecular formula is C18H25N3. The summed E-state index contributed by atoms with van der Waals surface area (Å²) in [4.78, 5) is 2.57. The van der Waals surface area contributed by atoms with Gasteiger partial charge in [0.15, 0.2) is 0 Å². The van der Waals surface area contributed by atoms with Crippen LogP contribution in [0.15, 0.2) is 42.5 Å². The molecule has 1 aromatic heterocycles.